The fourth-order valence-electron chi connectivity index (χ4n) is 5.37. The highest BCUT2D eigenvalue weighted by atomic mass is 16.6. The Hall–Kier alpha value is -5.20. The van der Waals surface area contributed by atoms with E-state index >= 15 is 0 Å². The highest BCUT2D eigenvalue weighted by Crippen LogP contribution is 2.41. The van der Waals surface area contributed by atoms with Crippen molar-refractivity contribution in [2.45, 2.75) is 39.3 Å². The van der Waals surface area contributed by atoms with Crippen LogP contribution in [0.25, 0.3) is 16.6 Å². The van der Waals surface area contributed by atoms with Crippen molar-refractivity contribution in [1.82, 2.24) is 34.4 Å². The third kappa shape index (κ3) is 5.17. The Morgan fingerprint density at radius 2 is 1.95 bits per heavy atom. The predicted molar refractivity (Wildman–Crippen MR) is 159 cm³/mol. The van der Waals surface area contributed by atoms with Crippen LogP contribution in [-0.4, -0.2) is 78.4 Å². The van der Waals surface area contributed by atoms with E-state index in [1.165, 1.54) is 12.7 Å². The summed E-state index contributed by atoms with van der Waals surface area (Å²) in [5.41, 5.74) is 2.54. The van der Waals surface area contributed by atoms with E-state index in [1.54, 1.807) is 15.6 Å². The number of aryl methyl sites for hydroxylation is 1. The molecule has 0 spiro atoms. The van der Waals surface area contributed by atoms with E-state index in [9.17, 15) is 4.79 Å². The van der Waals surface area contributed by atoms with Gasteiger partial charge in [-0.1, -0.05) is 0 Å². The molecular formula is C30H31N9O4. The lowest BCUT2D eigenvalue weighted by atomic mass is 10.1. The summed E-state index contributed by atoms with van der Waals surface area (Å²) in [5.74, 6) is 3.29. The molecule has 1 fully saturated rings. The lowest BCUT2D eigenvalue weighted by molar-refractivity contribution is 0.00979. The van der Waals surface area contributed by atoms with E-state index in [0.29, 0.717) is 60.5 Å². The fraction of sp³-hybridized carbons (Fsp3) is 0.333. The van der Waals surface area contributed by atoms with Crippen molar-refractivity contribution in [3.05, 3.63) is 60.9 Å². The molecule has 1 N–H and O–H groups in total. The predicted octanol–water partition coefficient (Wildman–Crippen LogP) is 4.73. The quantitative estimate of drug-likeness (QED) is 0.316. The van der Waals surface area contributed by atoms with Gasteiger partial charge in [-0.05, 0) is 57.5 Å². The van der Waals surface area contributed by atoms with Crippen molar-refractivity contribution in [1.29, 1.82) is 0 Å². The van der Waals surface area contributed by atoms with Crippen LogP contribution in [-0.2, 0) is 4.74 Å². The zero-order chi connectivity index (χ0) is 29.7. The van der Waals surface area contributed by atoms with Crippen molar-refractivity contribution in [3.63, 3.8) is 0 Å². The maximum Gasteiger partial charge on any atom is 0.410 e. The summed E-state index contributed by atoms with van der Waals surface area (Å²) in [6.45, 7) is 9.59. The molecule has 2 bridgehead atoms. The minimum Gasteiger partial charge on any atom is -0.487 e. The van der Waals surface area contributed by atoms with E-state index in [-0.39, 0.29) is 12.1 Å². The molecule has 4 aromatic heterocycles. The number of carbonyl (C=O) groups is 1. The Labute approximate surface area is 247 Å². The van der Waals surface area contributed by atoms with E-state index in [1.807, 2.05) is 64.2 Å². The van der Waals surface area contributed by atoms with Gasteiger partial charge in [0.05, 0.1) is 23.1 Å². The van der Waals surface area contributed by atoms with Crippen molar-refractivity contribution in [3.8, 4) is 17.2 Å². The first-order valence-electron chi connectivity index (χ1n) is 14.1. The van der Waals surface area contributed by atoms with Crippen LogP contribution < -0.4 is 19.7 Å². The number of rotatable bonds is 4. The topological polar surface area (TPSA) is 132 Å². The van der Waals surface area contributed by atoms with Crippen LogP contribution in [0.4, 0.5) is 22.1 Å². The number of piperazine rings is 1. The molecule has 2 aliphatic rings. The second kappa shape index (κ2) is 10.3. The molecule has 0 aliphatic carbocycles. The molecule has 0 radical (unpaired) electrons. The standard InChI is InChI=1S/C30H31N9O4/c1-18-11-19(5-6-23(18)42-21-7-8-39-24(12-21)33-17-35-39)36-27-25-22(32-16-34-27)13-31-28-26(25)41-15-20-14-37(28)9-10-38(20)29(40)43-30(2,3)4/h5-8,11-13,16-17,20H,9-10,14-15H2,1-4H3,(H,32,34,36)/t20-/m1/s1. The molecule has 1 atom stereocenters. The molecular weight excluding hydrogens is 550 g/mol. The molecule has 13 heteroatoms. The lowest BCUT2D eigenvalue weighted by Gasteiger charge is -2.39. The molecule has 5 aromatic rings. The SMILES string of the molecule is Cc1cc(Nc2ncnc3cnc4c(c23)OC[C@H]2CN4CCN2C(=O)OC(C)(C)C)ccc1Oc1ccn2ncnc2c1. The number of carbonyl (C=O) groups excluding carboxylic acids is 1. The number of amides is 1. The number of hydrogen-bond donors (Lipinski definition) is 1. The molecule has 220 valence electrons. The van der Waals surface area contributed by atoms with Gasteiger partial charge in [-0.2, -0.15) is 5.10 Å². The summed E-state index contributed by atoms with van der Waals surface area (Å²) in [6, 6.07) is 9.33. The third-order valence-electron chi connectivity index (χ3n) is 7.36. The van der Waals surface area contributed by atoms with Crippen LogP contribution in [0, 0.1) is 6.92 Å². The molecule has 1 amide bonds. The van der Waals surface area contributed by atoms with Gasteiger partial charge in [-0.3, -0.25) is 4.90 Å². The zero-order valence-corrected chi connectivity index (χ0v) is 24.3. The second-order valence-corrected chi connectivity index (χ2v) is 11.6. The normalized spacial score (nSPS) is 16.4. The van der Waals surface area contributed by atoms with Gasteiger partial charge in [0.15, 0.2) is 17.2 Å². The lowest BCUT2D eigenvalue weighted by Crippen LogP contribution is -2.57. The minimum absolute atomic E-state index is 0.186. The first-order valence-corrected chi connectivity index (χ1v) is 14.1. The number of pyridine rings is 2. The number of nitrogens with one attached hydrogen (secondary N) is 1. The van der Waals surface area contributed by atoms with Crippen LogP contribution >= 0.6 is 0 Å². The summed E-state index contributed by atoms with van der Waals surface area (Å²) in [6.07, 6.45) is 6.21. The van der Waals surface area contributed by atoms with Gasteiger partial charge in [0.2, 0.25) is 0 Å². The molecule has 1 aromatic carbocycles. The average molecular weight is 582 g/mol. The van der Waals surface area contributed by atoms with Gasteiger partial charge in [-0.15, -0.1) is 0 Å². The number of anilines is 3. The molecule has 1 saturated heterocycles. The highest BCUT2D eigenvalue weighted by Gasteiger charge is 2.38. The van der Waals surface area contributed by atoms with Crippen LogP contribution in [0.2, 0.25) is 0 Å². The number of fused-ring (bicyclic) bond motifs is 7. The molecule has 2 aliphatic heterocycles. The van der Waals surface area contributed by atoms with Gasteiger partial charge < -0.3 is 24.4 Å². The molecule has 6 heterocycles. The van der Waals surface area contributed by atoms with Crippen molar-refractivity contribution >= 4 is 40.0 Å². The summed E-state index contributed by atoms with van der Waals surface area (Å²) in [5, 5.41) is 8.29. The zero-order valence-electron chi connectivity index (χ0n) is 24.3. The Balaban J connectivity index is 1.15. The smallest absolute Gasteiger partial charge is 0.410 e. The summed E-state index contributed by atoms with van der Waals surface area (Å²) < 4.78 is 19.9. The largest absolute Gasteiger partial charge is 0.487 e. The number of hydrogen-bond acceptors (Lipinski definition) is 11. The molecule has 7 rings (SSSR count). The van der Waals surface area contributed by atoms with Crippen LogP contribution in [0.15, 0.2) is 55.4 Å². The van der Waals surface area contributed by atoms with Crippen molar-refractivity contribution in [2.75, 3.05) is 36.5 Å². The Morgan fingerprint density at radius 1 is 1.07 bits per heavy atom. The van der Waals surface area contributed by atoms with Gasteiger partial charge in [-0.25, -0.2) is 29.2 Å². The number of benzene rings is 1. The molecule has 0 saturated carbocycles. The number of nitrogens with zero attached hydrogens (tertiary/aromatic N) is 8. The van der Waals surface area contributed by atoms with Gasteiger partial charge in [0.25, 0.3) is 0 Å². The van der Waals surface area contributed by atoms with Gasteiger partial charge in [0, 0.05) is 37.6 Å². The molecule has 0 unspecified atom stereocenters. The third-order valence-corrected chi connectivity index (χ3v) is 7.36. The Bertz CT molecular complexity index is 1850. The van der Waals surface area contributed by atoms with E-state index in [4.69, 9.17) is 19.2 Å². The van der Waals surface area contributed by atoms with Gasteiger partial charge >= 0.3 is 6.09 Å². The highest BCUT2D eigenvalue weighted by molar-refractivity contribution is 5.98. The van der Waals surface area contributed by atoms with Crippen molar-refractivity contribution < 1.29 is 19.0 Å². The summed E-state index contributed by atoms with van der Waals surface area (Å²) >= 11 is 0. The fourth-order valence-corrected chi connectivity index (χ4v) is 5.37. The number of aromatic nitrogens is 6. The first kappa shape index (κ1) is 26.7. The maximum atomic E-state index is 12.9. The Kier molecular flexibility index (Phi) is 6.37. The van der Waals surface area contributed by atoms with Crippen LogP contribution in [0.3, 0.4) is 0 Å². The average Bonchev–Trinajstić information content (AvgIpc) is 3.39. The monoisotopic (exact) mass is 581 g/mol. The Morgan fingerprint density at radius 3 is 2.79 bits per heavy atom. The molecule has 43 heavy (non-hydrogen) atoms. The van der Waals surface area contributed by atoms with Crippen LogP contribution in [0.5, 0.6) is 17.2 Å². The van der Waals surface area contributed by atoms with E-state index in [2.05, 4.69) is 30.3 Å². The maximum absolute atomic E-state index is 12.9. The first-order chi connectivity index (χ1) is 20.7. The van der Waals surface area contributed by atoms with E-state index < -0.39 is 5.60 Å². The van der Waals surface area contributed by atoms with E-state index in [0.717, 1.165) is 22.4 Å². The summed E-state index contributed by atoms with van der Waals surface area (Å²) in [7, 11) is 0. The van der Waals surface area contributed by atoms with Crippen molar-refractivity contribution in [2.24, 2.45) is 0 Å². The summed E-state index contributed by atoms with van der Waals surface area (Å²) in [4.78, 5) is 34.8. The molecule has 13 nitrogen and oxygen atoms in total. The van der Waals surface area contributed by atoms with Crippen LogP contribution in [0.1, 0.15) is 26.3 Å². The minimum atomic E-state index is -0.576. The second-order valence-electron chi connectivity index (χ2n) is 11.6. The van der Waals surface area contributed by atoms with Gasteiger partial charge in [0.1, 0.15) is 42.2 Å². The number of ether oxygens (including phenoxy) is 3.